The highest BCUT2D eigenvalue weighted by atomic mass is 16.5. The van der Waals surface area contributed by atoms with E-state index in [0.717, 1.165) is 72.6 Å². The van der Waals surface area contributed by atoms with Crippen LogP contribution in [0.15, 0.2) is 188 Å². The van der Waals surface area contributed by atoms with E-state index in [0.29, 0.717) is 40.8 Å². The van der Waals surface area contributed by atoms with Gasteiger partial charge in [0.1, 0.15) is 24.0 Å². The lowest BCUT2D eigenvalue weighted by Crippen LogP contribution is -2.25. The smallest absolute Gasteiger partial charge is 0.137 e. The molecule has 72 heavy (non-hydrogen) atoms. The molecule has 0 atom stereocenters. The number of para-hydroxylation sites is 4. The van der Waals surface area contributed by atoms with Crippen LogP contribution in [-0.2, 0) is 10.8 Å². The highest BCUT2D eigenvalue weighted by Crippen LogP contribution is 2.51. The summed E-state index contributed by atoms with van der Waals surface area (Å²) in [5, 5.41) is 2.24. The molecule has 0 radical (unpaired) electrons. The Morgan fingerprint density at radius 1 is 0.514 bits per heavy atom. The zero-order valence-corrected chi connectivity index (χ0v) is 42.4. The molecule has 0 aliphatic carbocycles. The van der Waals surface area contributed by atoms with Crippen LogP contribution in [0, 0.1) is 13.7 Å². The Morgan fingerprint density at radius 2 is 1.17 bits per heavy atom. The monoisotopic (exact) mass is 947 g/mol. The van der Waals surface area contributed by atoms with Crippen molar-refractivity contribution in [3.8, 4) is 50.7 Å². The second kappa shape index (κ2) is 18.1. The van der Waals surface area contributed by atoms with Gasteiger partial charge in [0, 0.05) is 54.1 Å². The van der Waals surface area contributed by atoms with Crippen molar-refractivity contribution in [2.45, 2.75) is 85.8 Å². The van der Waals surface area contributed by atoms with E-state index in [2.05, 4.69) is 173 Å². The molecule has 5 nitrogen and oxygen atoms in total. The molecule has 0 saturated heterocycles. The summed E-state index contributed by atoms with van der Waals surface area (Å²) in [5.41, 5.74) is 13.2. The lowest BCUT2D eigenvalue weighted by molar-refractivity contribution is 0.483. The number of hydrogen-bond donors (Lipinski definition) is 0. The van der Waals surface area contributed by atoms with Crippen LogP contribution >= 0.6 is 0 Å². The van der Waals surface area contributed by atoms with Gasteiger partial charge in [0.05, 0.1) is 28.1 Å². The first-order chi connectivity index (χ1) is 37.0. The van der Waals surface area contributed by atoms with E-state index in [-0.39, 0.29) is 22.0 Å². The molecule has 0 spiro atoms. The summed E-state index contributed by atoms with van der Waals surface area (Å²) in [6.45, 7) is 12.6. The fourth-order valence-electron chi connectivity index (χ4n) is 10.3. The molecular weight excluding hydrogens is 877 g/mol. The van der Waals surface area contributed by atoms with Crippen molar-refractivity contribution >= 4 is 44.6 Å². The summed E-state index contributed by atoms with van der Waals surface area (Å²) in [6, 6.07) is 61.1. The van der Waals surface area contributed by atoms with Gasteiger partial charge in [0.2, 0.25) is 0 Å². The van der Waals surface area contributed by atoms with Gasteiger partial charge in [-0.2, -0.15) is 0 Å². The quantitative estimate of drug-likeness (QED) is 0.144. The van der Waals surface area contributed by atoms with E-state index in [1.165, 1.54) is 11.1 Å². The van der Waals surface area contributed by atoms with Crippen LogP contribution in [0.3, 0.4) is 0 Å². The second-order valence-electron chi connectivity index (χ2n) is 21.5. The third-order valence-corrected chi connectivity index (χ3v) is 14.3. The summed E-state index contributed by atoms with van der Waals surface area (Å²) in [7, 11) is 0. The lowest BCUT2D eigenvalue weighted by Gasteiger charge is -2.28. The standard InChI is InChI=1S/C67H64N4O/c1-43(2)46-25-27-47(28-26-46)56-20-16-21-59(55-32-29-48(37-44(55)3)54-33-30-49(38-45(54)4)66(5,6)7)65(56)70-42-69(61-23-13-14-24-62(61)70)51-17-15-18-52(40-51)72-53-31-34-58-57-19-11-12-22-60(57)71(63(58)41-53)64-39-50(35-36-68-64)67(8,9)10/h11-41,43H,42H2,1-10H3/i3D3,4D3. The van der Waals surface area contributed by atoms with Gasteiger partial charge in [-0.1, -0.05) is 171 Å². The van der Waals surface area contributed by atoms with Gasteiger partial charge < -0.3 is 14.5 Å². The third-order valence-electron chi connectivity index (χ3n) is 14.3. The van der Waals surface area contributed by atoms with Crippen LogP contribution in [0.2, 0.25) is 0 Å². The number of nitrogens with zero attached hydrogens (tertiary/aromatic N) is 4. The van der Waals surface area contributed by atoms with Crippen LogP contribution in [0.4, 0.5) is 22.7 Å². The fourth-order valence-corrected chi connectivity index (χ4v) is 10.3. The number of hydrogen-bond acceptors (Lipinski definition) is 4. The Bertz CT molecular complexity index is 3910. The molecule has 2 aromatic heterocycles. The average Bonchev–Trinajstić information content (AvgIpc) is 4.18. The Labute approximate surface area is 434 Å². The Balaban J connectivity index is 1.01. The topological polar surface area (TPSA) is 33.5 Å². The number of pyridine rings is 1. The predicted octanol–water partition coefficient (Wildman–Crippen LogP) is 18.6. The van der Waals surface area contributed by atoms with Crippen molar-refractivity contribution in [1.29, 1.82) is 0 Å². The van der Waals surface area contributed by atoms with E-state index in [1.807, 2.05) is 72.9 Å². The summed E-state index contributed by atoms with van der Waals surface area (Å²) >= 11 is 0. The first-order valence-corrected chi connectivity index (χ1v) is 25.0. The molecule has 0 fully saturated rings. The van der Waals surface area contributed by atoms with Gasteiger partial charge in [-0.05, 0) is 135 Å². The molecule has 10 aromatic rings. The fraction of sp³-hybridized carbons (Fsp3) is 0.209. The summed E-state index contributed by atoms with van der Waals surface area (Å²) in [5.74, 6) is 2.54. The molecule has 0 saturated carbocycles. The third kappa shape index (κ3) is 8.51. The molecule has 1 aliphatic rings. The van der Waals surface area contributed by atoms with Gasteiger partial charge in [-0.15, -0.1) is 0 Å². The first kappa shape index (κ1) is 39.8. The Hall–Kier alpha value is -7.89. The summed E-state index contributed by atoms with van der Waals surface area (Å²) in [6.07, 6.45) is 1.89. The maximum absolute atomic E-state index is 9.07. The zero-order chi connectivity index (χ0) is 55.1. The number of fused-ring (bicyclic) bond motifs is 4. The average molecular weight is 947 g/mol. The highest BCUT2D eigenvalue weighted by molar-refractivity contribution is 6.09. The van der Waals surface area contributed by atoms with Gasteiger partial charge in [-0.3, -0.25) is 4.57 Å². The predicted molar refractivity (Wildman–Crippen MR) is 304 cm³/mol. The SMILES string of the molecule is [2H]C([2H])([2H])c1cc(C(C)(C)C)ccc1-c1ccc(-c2cccc(-c3ccc(C(C)C)cc3)c2N2CN(c3cccc(Oc4ccc5c6ccccc6n(-c6cc(C(C)(C)C)ccn6)c5c4)c3)c3ccccc32)c(C([2H])([2H])[2H])c1. The van der Waals surface area contributed by atoms with Gasteiger partial charge in [-0.25, -0.2) is 4.98 Å². The highest BCUT2D eigenvalue weighted by Gasteiger charge is 2.32. The Kier molecular flexibility index (Phi) is 9.98. The number of aryl methyl sites for hydroxylation is 2. The van der Waals surface area contributed by atoms with Gasteiger partial charge in [0.15, 0.2) is 0 Å². The van der Waals surface area contributed by atoms with Crippen molar-refractivity contribution in [2.24, 2.45) is 0 Å². The van der Waals surface area contributed by atoms with Crippen LogP contribution in [-0.4, -0.2) is 16.2 Å². The number of benzene rings is 8. The molecule has 3 heterocycles. The lowest BCUT2D eigenvalue weighted by atomic mass is 9.84. The molecule has 0 bridgehead atoms. The molecule has 5 heteroatoms. The maximum atomic E-state index is 9.07. The minimum Gasteiger partial charge on any atom is -0.457 e. The normalized spacial score (nSPS) is 14.5. The molecule has 0 unspecified atom stereocenters. The van der Waals surface area contributed by atoms with Gasteiger partial charge >= 0.3 is 0 Å². The van der Waals surface area contributed by atoms with E-state index in [9.17, 15) is 0 Å². The van der Waals surface area contributed by atoms with E-state index in [1.54, 1.807) is 12.1 Å². The number of aromatic nitrogens is 2. The molecular formula is C67H64N4O. The van der Waals surface area contributed by atoms with Crippen molar-refractivity contribution in [1.82, 2.24) is 9.55 Å². The van der Waals surface area contributed by atoms with Crippen molar-refractivity contribution < 1.29 is 13.0 Å². The van der Waals surface area contributed by atoms with Crippen LogP contribution in [0.5, 0.6) is 11.5 Å². The summed E-state index contributed by atoms with van der Waals surface area (Å²) in [4.78, 5) is 9.44. The van der Waals surface area contributed by atoms with Crippen LogP contribution in [0.25, 0.3) is 61.0 Å². The van der Waals surface area contributed by atoms with Crippen molar-refractivity contribution in [3.05, 3.63) is 216 Å². The number of anilines is 4. The largest absolute Gasteiger partial charge is 0.457 e. The molecule has 0 amide bonds. The minimum absolute atomic E-state index is 0.0554. The number of ether oxygens (including phenoxy) is 1. The molecule has 1 aliphatic heterocycles. The molecule has 11 rings (SSSR count). The summed E-state index contributed by atoms with van der Waals surface area (Å²) < 4.78 is 62.0. The Morgan fingerprint density at radius 3 is 1.93 bits per heavy atom. The zero-order valence-electron chi connectivity index (χ0n) is 48.4. The van der Waals surface area contributed by atoms with E-state index in [4.69, 9.17) is 17.9 Å². The maximum Gasteiger partial charge on any atom is 0.137 e. The van der Waals surface area contributed by atoms with Crippen LogP contribution in [0.1, 0.15) is 97.3 Å². The molecule has 0 N–H and O–H groups in total. The van der Waals surface area contributed by atoms with Crippen molar-refractivity contribution in [3.63, 3.8) is 0 Å². The van der Waals surface area contributed by atoms with Gasteiger partial charge in [0.25, 0.3) is 0 Å². The second-order valence-corrected chi connectivity index (χ2v) is 21.5. The minimum atomic E-state index is -2.56. The van der Waals surface area contributed by atoms with E-state index >= 15 is 0 Å². The molecule has 358 valence electrons. The van der Waals surface area contributed by atoms with Crippen LogP contribution < -0.4 is 14.5 Å². The first-order valence-electron chi connectivity index (χ1n) is 28.0. The van der Waals surface area contributed by atoms with Crippen molar-refractivity contribution in [2.75, 3.05) is 16.5 Å². The van der Waals surface area contributed by atoms with E-state index < -0.39 is 13.7 Å². The molecule has 8 aromatic carbocycles. The number of rotatable bonds is 9.